The summed E-state index contributed by atoms with van der Waals surface area (Å²) in [7, 11) is 0. The monoisotopic (exact) mass is 299 g/mol. The number of hydrogen-bond donors (Lipinski definition) is 2. The van der Waals surface area contributed by atoms with Crippen molar-refractivity contribution in [2.75, 3.05) is 5.32 Å². The zero-order valence-electron chi connectivity index (χ0n) is 10.4. The Bertz CT molecular complexity index is 691. The second kappa shape index (κ2) is 5.82. The average Bonchev–Trinajstić information content (AvgIpc) is 2.40. The molecule has 0 aliphatic heterocycles. The topological polar surface area (TPSA) is 49.3 Å². The number of carbonyl (C=O) groups is 1. The molecule has 0 bridgehead atoms. The lowest BCUT2D eigenvalue weighted by Gasteiger charge is -2.17. The minimum Gasteiger partial charge on any atom is -0.479 e. The van der Waals surface area contributed by atoms with E-state index in [1.165, 1.54) is 12.1 Å². The van der Waals surface area contributed by atoms with Crippen LogP contribution in [0.1, 0.15) is 11.6 Å². The van der Waals surface area contributed by atoms with Crippen LogP contribution in [0.15, 0.2) is 36.4 Å². The Kier molecular flexibility index (Phi) is 4.11. The molecule has 0 spiro atoms. The van der Waals surface area contributed by atoms with Crippen molar-refractivity contribution in [2.24, 2.45) is 0 Å². The highest BCUT2D eigenvalue weighted by atomic mass is 19.2. The smallest absolute Gasteiger partial charge is 0.330 e. The lowest BCUT2D eigenvalue weighted by atomic mass is 10.1. The third kappa shape index (κ3) is 3.31. The third-order valence-corrected chi connectivity index (χ3v) is 2.73. The quantitative estimate of drug-likeness (QED) is 0.671. The Morgan fingerprint density at radius 1 is 1.00 bits per heavy atom. The molecule has 0 saturated carbocycles. The summed E-state index contributed by atoms with van der Waals surface area (Å²) in [6, 6.07) is 3.83. The molecule has 2 aromatic carbocycles. The maximum absolute atomic E-state index is 13.6. The van der Waals surface area contributed by atoms with Crippen LogP contribution in [-0.4, -0.2) is 11.1 Å². The van der Waals surface area contributed by atoms with E-state index in [4.69, 9.17) is 5.11 Å². The predicted octanol–water partition coefficient (Wildman–Crippen LogP) is 3.48. The van der Waals surface area contributed by atoms with Crippen molar-refractivity contribution >= 4 is 11.7 Å². The van der Waals surface area contributed by atoms with Crippen LogP contribution in [-0.2, 0) is 4.79 Å². The van der Waals surface area contributed by atoms with E-state index >= 15 is 0 Å². The van der Waals surface area contributed by atoms with Gasteiger partial charge in [0.2, 0.25) is 0 Å². The molecule has 0 fully saturated rings. The molecule has 0 saturated heterocycles. The summed E-state index contributed by atoms with van der Waals surface area (Å²) in [4.78, 5) is 11.2. The van der Waals surface area contributed by atoms with Gasteiger partial charge in [0.05, 0.1) is 0 Å². The van der Waals surface area contributed by atoms with Crippen molar-refractivity contribution in [3.8, 4) is 0 Å². The number of carboxylic acid groups (broad SMARTS) is 1. The normalized spacial score (nSPS) is 12.0. The summed E-state index contributed by atoms with van der Waals surface area (Å²) in [6.07, 6.45) is 0. The highest BCUT2D eigenvalue weighted by Crippen LogP contribution is 2.25. The molecular weight excluding hydrogens is 290 g/mol. The van der Waals surface area contributed by atoms with Crippen LogP contribution in [0.5, 0.6) is 0 Å². The number of rotatable bonds is 4. The molecule has 0 aliphatic carbocycles. The fraction of sp³-hybridized carbons (Fsp3) is 0.0714. The Morgan fingerprint density at radius 3 is 2.29 bits per heavy atom. The van der Waals surface area contributed by atoms with Crippen molar-refractivity contribution in [2.45, 2.75) is 6.04 Å². The molecule has 0 amide bonds. The van der Waals surface area contributed by atoms with Gasteiger partial charge in [-0.05, 0) is 24.3 Å². The third-order valence-electron chi connectivity index (χ3n) is 2.73. The standard InChI is InChI=1S/C14H9F4NO2/c15-7-2-1-3-8(4-7)19-13(14(20)21)9-5-11(17)12(18)6-10(9)16/h1-6,13,19H,(H,20,21). The number of aliphatic carboxylic acids is 1. The van der Waals surface area contributed by atoms with Crippen molar-refractivity contribution in [1.82, 2.24) is 0 Å². The molecule has 110 valence electrons. The lowest BCUT2D eigenvalue weighted by molar-refractivity contribution is -0.138. The first-order chi connectivity index (χ1) is 9.88. The number of anilines is 1. The molecule has 0 heterocycles. The first kappa shape index (κ1) is 14.8. The number of hydrogen-bond acceptors (Lipinski definition) is 2. The molecule has 0 aromatic heterocycles. The molecule has 1 atom stereocenters. The number of nitrogens with one attached hydrogen (secondary N) is 1. The summed E-state index contributed by atoms with van der Waals surface area (Å²) < 4.78 is 52.7. The largest absolute Gasteiger partial charge is 0.479 e. The molecule has 1 unspecified atom stereocenters. The van der Waals surface area contributed by atoms with Crippen LogP contribution in [0.25, 0.3) is 0 Å². The van der Waals surface area contributed by atoms with E-state index < -0.39 is 40.8 Å². The van der Waals surface area contributed by atoms with Crippen molar-refractivity contribution in [3.63, 3.8) is 0 Å². The highest BCUT2D eigenvalue weighted by Gasteiger charge is 2.25. The zero-order chi connectivity index (χ0) is 15.6. The summed E-state index contributed by atoms with van der Waals surface area (Å²) in [5.41, 5.74) is -0.530. The van der Waals surface area contributed by atoms with Gasteiger partial charge < -0.3 is 10.4 Å². The van der Waals surface area contributed by atoms with Crippen LogP contribution in [0, 0.1) is 23.3 Å². The van der Waals surface area contributed by atoms with E-state index in [0.29, 0.717) is 6.07 Å². The Hall–Kier alpha value is -2.57. The van der Waals surface area contributed by atoms with E-state index in [9.17, 15) is 22.4 Å². The number of benzene rings is 2. The predicted molar refractivity (Wildman–Crippen MR) is 66.7 cm³/mol. The van der Waals surface area contributed by atoms with Crippen LogP contribution in [0.2, 0.25) is 0 Å². The summed E-state index contributed by atoms with van der Waals surface area (Å²) in [5.74, 6) is -6.17. The Morgan fingerprint density at radius 2 is 1.67 bits per heavy atom. The molecule has 0 radical (unpaired) electrons. The molecule has 7 heteroatoms. The first-order valence-corrected chi connectivity index (χ1v) is 5.78. The van der Waals surface area contributed by atoms with Gasteiger partial charge in [-0.3, -0.25) is 0 Å². The van der Waals surface area contributed by atoms with Crippen LogP contribution in [0.4, 0.5) is 23.2 Å². The van der Waals surface area contributed by atoms with Gasteiger partial charge in [0, 0.05) is 17.3 Å². The van der Waals surface area contributed by atoms with Crippen LogP contribution >= 0.6 is 0 Å². The van der Waals surface area contributed by atoms with Crippen LogP contribution < -0.4 is 5.32 Å². The van der Waals surface area contributed by atoms with Crippen LogP contribution in [0.3, 0.4) is 0 Å². The SMILES string of the molecule is O=C(O)C(Nc1cccc(F)c1)c1cc(F)c(F)cc1F. The summed E-state index contributed by atoms with van der Waals surface area (Å²) >= 11 is 0. The molecule has 21 heavy (non-hydrogen) atoms. The molecular formula is C14H9F4NO2. The van der Waals surface area contributed by atoms with E-state index in [-0.39, 0.29) is 11.8 Å². The van der Waals surface area contributed by atoms with Gasteiger partial charge in [0.25, 0.3) is 0 Å². The van der Waals surface area contributed by atoms with Crippen molar-refractivity contribution in [3.05, 3.63) is 65.2 Å². The van der Waals surface area contributed by atoms with Crippen molar-refractivity contribution < 1.29 is 27.5 Å². The van der Waals surface area contributed by atoms with Gasteiger partial charge in [-0.1, -0.05) is 6.07 Å². The second-order valence-electron chi connectivity index (χ2n) is 4.21. The van der Waals surface area contributed by atoms with E-state index in [2.05, 4.69) is 5.32 Å². The minimum absolute atomic E-state index is 0.0616. The fourth-order valence-corrected chi connectivity index (χ4v) is 1.78. The maximum Gasteiger partial charge on any atom is 0.330 e. The molecule has 2 N–H and O–H groups in total. The molecule has 3 nitrogen and oxygen atoms in total. The van der Waals surface area contributed by atoms with E-state index in [1.54, 1.807) is 0 Å². The summed E-state index contributed by atoms with van der Waals surface area (Å²) in [6.45, 7) is 0. The van der Waals surface area contributed by atoms with E-state index in [1.807, 2.05) is 0 Å². The first-order valence-electron chi connectivity index (χ1n) is 5.78. The molecule has 0 aliphatic rings. The minimum atomic E-state index is -1.69. The average molecular weight is 299 g/mol. The van der Waals surface area contributed by atoms with Gasteiger partial charge in [0.15, 0.2) is 17.7 Å². The fourth-order valence-electron chi connectivity index (χ4n) is 1.78. The zero-order valence-corrected chi connectivity index (χ0v) is 10.4. The molecule has 2 rings (SSSR count). The Balaban J connectivity index is 2.40. The number of halogens is 4. The second-order valence-corrected chi connectivity index (χ2v) is 4.21. The van der Waals surface area contributed by atoms with Gasteiger partial charge >= 0.3 is 5.97 Å². The molecule has 2 aromatic rings. The lowest BCUT2D eigenvalue weighted by Crippen LogP contribution is -2.22. The van der Waals surface area contributed by atoms with Gasteiger partial charge in [-0.2, -0.15) is 0 Å². The van der Waals surface area contributed by atoms with Gasteiger partial charge in [-0.25, -0.2) is 22.4 Å². The van der Waals surface area contributed by atoms with Crippen molar-refractivity contribution in [1.29, 1.82) is 0 Å². The Labute approximate surface area is 116 Å². The van der Waals surface area contributed by atoms with Gasteiger partial charge in [-0.15, -0.1) is 0 Å². The van der Waals surface area contributed by atoms with E-state index in [0.717, 1.165) is 12.1 Å². The van der Waals surface area contributed by atoms with Gasteiger partial charge in [0.1, 0.15) is 11.6 Å². The highest BCUT2D eigenvalue weighted by molar-refractivity contribution is 5.79. The maximum atomic E-state index is 13.6. The number of carboxylic acids is 1. The summed E-state index contributed by atoms with van der Waals surface area (Å²) in [5, 5.41) is 11.5.